The average molecular weight is 434 g/mol. The Labute approximate surface area is 186 Å². The second-order valence-electron chi connectivity index (χ2n) is 8.95. The van der Waals surface area contributed by atoms with Crippen molar-refractivity contribution in [3.05, 3.63) is 48.3 Å². The maximum absolute atomic E-state index is 12.4. The number of fused-ring (bicyclic) bond motifs is 2. The highest BCUT2D eigenvalue weighted by Gasteiger charge is 2.31. The fourth-order valence-corrected chi connectivity index (χ4v) is 4.26. The van der Waals surface area contributed by atoms with Crippen molar-refractivity contribution < 1.29 is 9.53 Å². The first-order valence-corrected chi connectivity index (χ1v) is 10.8. The SMILES string of the molecule is CC(C)(N)C(=O)N1CCN(c2cnc3ccc(C4=CC5N=C(N)OC5C=C4)nc3c2)CC1. The Hall–Kier alpha value is -3.46. The van der Waals surface area contributed by atoms with E-state index < -0.39 is 5.54 Å². The maximum atomic E-state index is 12.4. The number of nitrogens with zero attached hydrogens (tertiary/aromatic N) is 5. The molecule has 1 saturated heterocycles. The van der Waals surface area contributed by atoms with Crippen LogP contribution in [0.3, 0.4) is 0 Å². The van der Waals surface area contributed by atoms with Gasteiger partial charge in [-0.25, -0.2) is 9.98 Å². The molecule has 1 amide bonds. The van der Waals surface area contributed by atoms with Crippen LogP contribution in [0, 0.1) is 0 Å². The van der Waals surface area contributed by atoms with Gasteiger partial charge >= 0.3 is 0 Å². The van der Waals surface area contributed by atoms with E-state index in [0.29, 0.717) is 13.1 Å². The number of piperazine rings is 1. The largest absolute Gasteiger partial charge is 0.455 e. The quantitative estimate of drug-likeness (QED) is 0.742. The van der Waals surface area contributed by atoms with Crippen molar-refractivity contribution in [3.8, 4) is 0 Å². The van der Waals surface area contributed by atoms with Gasteiger partial charge < -0.3 is 26.0 Å². The van der Waals surface area contributed by atoms with Crippen LogP contribution in [-0.4, -0.2) is 70.7 Å². The fourth-order valence-electron chi connectivity index (χ4n) is 4.26. The minimum Gasteiger partial charge on any atom is -0.455 e. The van der Waals surface area contributed by atoms with E-state index in [1.165, 1.54) is 0 Å². The van der Waals surface area contributed by atoms with Crippen LogP contribution in [0.2, 0.25) is 0 Å². The molecule has 0 radical (unpaired) electrons. The molecule has 3 aliphatic rings. The molecule has 32 heavy (non-hydrogen) atoms. The van der Waals surface area contributed by atoms with Crippen molar-refractivity contribution in [1.29, 1.82) is 0 Å². The Kier molecular flexibility index (Phi) is 4.85. The Bertz CT molecular complexity index is 1160. The molecule has 4 N–H and O–H groups in total. The van der Waals surface area contributed by atoms with Gasteiger partial charge in [-0.3, -0.25) is 9.78 Å². The number of amidine groups is 1. The zero-order valence-corrected chi connectivity index (χ0v) is 18.2. The molecule has 1 fully saturated rings. The molecule has 2 atom stereocenters. The summed E-state index contributed by atoms with van der Waals surface area (Å²) < 4.78 is 5.47. The molecule has 166 valence electrons. The molecule has 0 bridgehead atoms. The van der Waals surface area contributed by atoms with Gasteiger partial charge in [-0.05, 0) is 49.8 Å². The lowest BCUT2D eigenvalue weighted by Crippen LogP contribution is -2.57. The highest BCUT2D eigenvalue weighted by Crippen LogP contribution is 2.28. The van der Waals surface area contributed by atoms with E-state index in [0.717, 1.165) is 41.1 Å². The summed E-state index contributed by atoms with van der Waals surface area (Å²) in [5, 5.41) is 0. The van der Waals surface area contributed by atoms with Crippen LogP contribution in [-0.2, 0) is 9.53 Å². The normalized spacial score (nSPS) is 23.0. The van der Waals surface area contributed by atoms with Crippen LogP contribution in [0.1, 0.15) is 19.5 Å². The number of anilines is 1. The third-order valence-corrected chi connectivity index (χ3v) is 5.99. The number of rotatable bonds is 3. The van der Waals surface area contributed by atoms with Crippen molar-refractivity contribution >= 4 is 34.2 Å². The van der Waals surface area contributed by atoms with E-state index in [4.69, 9.17) is 21.2 Å². The number of carbonyl (C=O) groups excluding carboxylic acids is 1. The molecule has 0 saturated carbocycles. The van der Waals surface area contributed by atoms with Crippen LogP contribution in [0.4, 0.5) is 5.69 Å². The van der Waals surface area contributed by atoms with Crippen LogP contribution < -0.4 is 16.4 Å². The third-order valence-electron chi connectivity index (χ3n) is 5.99. The second-order valence-corrected chi connectivity index (χ2v) is 8.95. The number of amides is 1. The number of ether oxygens (including phenoxy) is 1. The lowest BCUT2D eigenvalue weighted by atomic mass is 9.98. The minimum absolute atomic E-state index is 0.0186. The van der Waals surface area contributed by atoms with E-state index in [1.54, 1.807) is 13.8 Å². The summed E-state index contributed by atoms with van der Waals surface area (Å²) in [7, 11) is 0. The number of carbonyl (C=O) groups is 1. The molecular weight excluding hydrogens is 406 g/mol. The first kappa shape index (κ1) is 20.4. The Morgan fingerprint density at radius 3 is 2.72 bits per heavy atom. The monoisotopic (exact) mass is 433 g/mol. The summed E-state index contributed by atoms with van der Waals surface area (Å²) >= 11 is 0. The van der Waals surface area contributed by atoms with Gasteiger partial charge in [0.05, 0.1) is 34.2 Å². The van der Waals surface area contributed by atoms with Crippen molar-refractivity contribution in [2.75, 3.05) is 31.1 Å². The number of nitrogens with two attached hydrogens (primary N) is 2. The first-order chi connectivity index (χ1) is 15.3. The van der Waals surface area contributed by atoms with E-state index in [2.05, 4.69) is 20.9 Å². The predicted octanol–water partition coefficient (Wildman–Crippen LogP) is 1.05. The zero-order valence-electron chi connectivity index (χ0n) is 18.2. The summed E-state index contributed by atoms with van der Waals surface area (Å²) in [6.45, 7) is 6.22. The minimum atomic E-state index is -0.850. The van der Waals surface area contributed by atoms with Crippen LogP contribution in [0.15, 0.2) is 47.6 Å². The van der Waals surface area contributed by atoms with Gasteiger partial charge in [-0.15, -0.1) is 0 Å². The number of hydrogen-bond acceptors (Lipinski definition) is 8. The molecule has 5 rings (SSSR count). The molecule has 1 aliphatic carbocycles. The number of allylic oxidation sites excluding steroid dienone is 2. The molecule has 2 aromatic heterocycles. The van der Waals surface area contributed by atoms with Gasteiger partial charge in [-0.2, -0.15) is 0 Å². The summed E-state index contributed by atoms with van der Waals surface area (Å²) in [4.78, 5) is 30.3. The fraction of sp³-hybridized carbons (Fsp3) is 0.391. The van der Waals surface area contributed by atoms with Gasteiger partial charge in [0, 0.05) is 26.2 Å². The molecule has 0 aromatic carbocycles. The molecule has 2 aliphatic heterocycles. The van der Waals surface area contributed by atoms with E-state index in [1.807, 2.05) is 41.5 Å². The van der Waals surface area contributed by atoms with Crippen LogP contribution >= 0.6 is 0 Å². The molecule has 2 unspecified atom stereocenters. The summed E-state index contributed by atoms with van der Waals surface area (Å²) in [6.07, 6.45) is 7.73. The van der Waals surface area contributed by atoms with Crippen molar-refractivity contribution in [3.63, 3.8) is 0 Å². The Balaban J connectivity index is 1.35. The molecule has 4 heterocycles. The van der Waals surface area contributed by atoms with Crippen LogP contribution in [0.5, 0.6) is 0 Å². The molecule has 0 spiro atoms. The molecule has 9 heteroatoms. The predicted molar refractivity (Wildman–Crippen MR) is 124 cm³/mol. The topological polar surface area (TPSA) is 123 Å². The lowest BCUT2D eigenvalue weighted by molar-refractivity contribution is -0.136. The summed E-state index contributed by atoms with van der Waals surface area (Å²) in [5.41, 5.74) is 15.3. The number of pyridine rings is 2. The number of aliphatic imine (C=N–C) groups is 1. The molecular formula is C23H27N7O2. The van der Waals surface area contributed by atoms with E-state index in [-0.39, 0.29) is 24.1 Å². The van der Waals surface area contributed by atoms with Gasteiger partial charge in [0.2, 0.25) is 5.91 Å². The van der Waals surface area contributed by atoms with Crippen molar-refractivity contribution in [2.24, 2.45) is 16.5 Å². The van der Waals surface area contributed by atoms with Crippen molar-refractivity contribution in [1.82, 2.24) is 14.9 Å². The third kappa shape index (κ3) is 3.80. The van der Waals surface area contributed by atoms with Gasteiger partial charge in [-0.1, -0.05) is 6.08 Å². The standard InChI is InChI=1S/C23H27N7O2/c1-23(2,25)21(31)30-9-7-29(8-10-30)15-12-18-17(26-13-15)5-4-16(27-18)14-3-6-20-19(11-14)28-22(24)32-20/h3-6,11-13,19-20H,7-10,25H2,1-2H3,(H2,24,28). The summed E-state index contributed by atoms with van der Waals surface area (Å²) in [5.74, 6) is -0.0186. The van der Waals surface area contributed by atoms with Crippen molar-refractivity contribution in [2.45, 2.75) is 31.5 Å². The zero-order chi connectivity index (χ0) is 22.5. The average Bonchev–Trinajstić information content (AvgIpc) is 3.16. The smallest absolute Gasteiger partial charge is 0.283 e. The van der Waals surface area contributed by atoms with E-state index >= 15 is 0 Å². The Morgan fingerprint density at radius 2 is 1.97 bits per heavy atom. The van der Waals surface area contributed by atoms with Gasteiger partial charge in [0.15, 0.2) is 0 Å². The first-order valence-electron chi connectivity index (χ1n) is 10.8. The molecule has 9 nitrogen and oxygen atoms in total. The lowest BCUT2D eigenvalue weighted by Gasteiger charge is -2.38. The maximum Gasteiger partial charge on any atom is 0.283 e. The van der Waals surface area contributed by atoms with Gasteiger partial charge in [0.25, 0.3) is 6.02 Å². The summed E-state index contributed by atoms with van der Waals surface area (Å²) in [6, 6.07) is 6.10. The van der Waals surface area contributed by atoms with Crippen LogP contribution in [0.25, 0.3) is 16.6 Å². The highest BCUT2D eigenvalue weighted by molar-refractivity contribution is 5.86. The number of aromatic nitrogens is 2. The molecule has 2 aromatic rings. The number of hydrogen-bond donors (Lipinski definition) is 2. The second kappa shape index (κ2) is 7.59. The Morgan fingerprint density at radius 1 is 1.19 bits per heavy atom. The van der Waals surface area contributed by atoms with Gasteiger partial charge in [0.1, 0.15) is 12.1 Å². The highest BCUT2D eigenvalue weighted by atomic mass is 16.5. The van der Waals surface area contributed by atoms with E-state index in [9.17, 15) is 4.79 Å².